The fourth-order valence-electron chi connectivity index (χ4n) is 3.03. The molecule has 0 N–H and O–H groups in total. The third-order valence-corrected chi connectivity index (χ3v) is 4.35. The zero-order valence-electron chi connectivity index (χ0n) is 13.3. The van der Waals surface area contributed by atoms with Crippen molar-refractivity contribution in [2.45, 2.75) is 45.1 Å². The van der Waals surface area contributed by atoms with E-state index >= 15 is 0 Å². The van der Waals surface area contributed by atoms with Crippen LogP contribution < -0.4 is 5.56 Å². The maximum absolute atomic E-state index is 12.3. The topological polar surface area (TPSA) is 68.1 Å². The second-order valence-electron chi connectivity index (χ2n) is 6.03. The monoisotopic (exact) mass is 314 g/mol. The summed E-state index contributed by atoms with van der Waals surface area (Å²) in [6, 6.07) is 7.18. The summed E-state index contributed by atoms with van der Waals surface area (Å²) in [6.07, 6.45) is 5.70. The van der Waals surface area contributed by atoms with Crippen molar-refractivity contribution in [3.8, 4) is 0 Å². The number of carbonyl (C=O) groups excluding carboxylic acids is 1. The lowest BCUT2D eigenvalue weighted by Crippen LogP contribution is -2.32. The van der Waals surface area contributed by atoms with E-state index in [0.29, 0.717) is 30.3 Å². The zero-order chi connectivity index (χ0) is 16.1. The summed E-state index contributed by atoms with van der Waals surface area (Å²) in [5.41, 5.74) is 0.465. The predicted octanol–water partition coefficient (Wildman–Crippen LogP) is 1.97. The molecule has 0 unspecified atom stereocenters. The van der Waals surface area contributed by atoms with Gasteiger partial charge in [0, 0.05) is 26.1 Å². The molecule has 1 fully saturated rings. The van der Waals surface area contributed by atoms with Crippen molar-refractivity contribution in [3.63, 3.8) is 0 Å². The highest BCUT2D eigenvalue weighted by atomic mass is 16.2. The lowest BCUT2D eigenvalue weighted by molar-refractivity contribution is -0.131. The largest absolute Gasteiger partial charge is 0.343 e. The predicted molar refractivity (Wildman–Crippen MR) is 88.1 cm³/mol. The molecule has 0 spiro atoms. The van der Waals surface area contributed by atoms with E-state index < -0.39 is 0 Å². The van der Waals surface area contributed by atoms with Crippen molar-refractivity contribution in [2.24, 2.45) is 0 Å². The molecule has 1 saturated heterocycles. The van der Waals surface area contributed by atoms with Gasteiger partial charge >= 0.3 is 0 Å². The van der Waals surface area contributed by atoms with Crippen molar-refractivity contribution in [3.05, 3.63) is 34.6 Å². The Hall–Kier alpha value is -2.24. The Kier molecular flexibility index (Phi) is 5.00. The average Bonchev–Trinajstić information content (AvgIpc) is 2.86. The fraction of sp³-hybridized carbons (Fsp3) is 0.529. The van der Waals surface area contributed by atoms with Crippen LogP contribution in [-0.2, 0) is 11.3 Å². The van der Waals surface area contributed by atoms with E-state index in [0.717, 1.165) is 25.9 Å². The summed E-state index contributed by atoms with van der Waals surface area (Å²) in [6.45, 7) is 2.17. The van der Waals surface area contributed by atoms with Crippen LogP contribution >= 0.6 is 0 Å². The summed E-state index contributed by atoms with van der Waals surface area (Å²) in [4.78, 5) is 26.5. The number of aromatic nitrogens is 3. The molecule has 122 valence electrons. The third kappa shape index (κ3) is 3.75. The van der Waals surface area contributed by atoms with Gasteiger partial charge in [-0.2, -0.15) is 0 Å². The van der Waals surface area contributed by atoms with Crippen LogP contribution in [0.3, 0.4) is 0 Å². The summed E-state index contributed by atoms with van der Waals surface area (Å²) in [5.74, 6) is 0.189. The molecule has 2 aromatic rings. The van der Waals surface area contributed by atoms with Crippen LogP contribution in [0, 0.1) is 0 Å². The van der Waals surface area contributed by atoms with Gasteiger partial charge in [-0.25, -0.2) is 4.68 Å². The van der Waals surface area contributed by atoms with Crippen LogP contribution in [0.15, 0.2) is 29.1 Å². The number of nitrogens with zero attached hydrogens (tertiary/aromatic N) is 4. The lowest BCUT2D eigenvalue weighted by Gasteiger charge is -2.20. The Morgan fingerprint density at radius 3 is 2.61 bits per heavy atom. The van der Waals surface area contributed by atoms with E-state index in [2.05, 4.69) is 10.3 Å². The van der Waals surface area contributed by atoms with Gasteiger partial charge in [-0.1, -0.05) is 30.2 Å². The first kappa shape index (κ1) is 15.6. The van der Waals surface area contributed by atoms with E-state index in [1.807, 2.05) is 17.0 Å². The van der Waals surface area contributed by atoms with Crippen LogP contribution in [0.25, 0.3) is 10.9 Å². The summed E-state index contributed by atoms with van der Waals surface area (Å²) < 4.78 is 1.36. The molecule has 0 radical (unpaired) electrons. The molecule has 6 heteroatoms. The van der Waals surface area contributed by atoms with Crippen molar-refractivity contribution < 1.29 is 4.79 Å². The number of likely N-dealkylation sites (tertiary alicyclic amines) is 1. The maximum atomic E-state index is 12.3. The van der Waals surface area contributed by atoms with Gasteiger partial charge in [-0.05, 0) is 31.4 Å². The first-order valence-electron chi connectivity index (χ1n) is 8.36. The number of hydrogen-bond acceptors (Lipinski definition) is 4. The first-order chi connectivity index (χ1) is 11.3. The zero-order valence-corrected chi connectivity index (χ0v) is 13.3. The number of fused-ring (bicyclic) bond motifs is 1. The number of hydrogen-bond donors (Lipinski definition) is 0. The van der Waals surface area contributed by atoms with Crippen LogP contribution in [0.5, 0.6) is 0 Å². The molecule has 0 saturated carbocycles. The molecule has 1 aromatic carbocycles. The molecule has 0 atom stereocenters. The minimum Gasteiger partial charge on any atom is -0.343 e. The lowest BCUT2D eigenvalue weighted by atomic mass is 10.2. The van der Waals surface area contributed by atoms with Crippen molar-refractivity contribution in [1.29, 1.82) is 0 Å². The molecular formula is C17H22N4O2. The van der Waals surface area contributed by atoms with Crippen LogP contribution in [0.2, 0.25) is 0 Å². The normalized spacial score (nSPS) is 15.6. The number of aryl methyl sites for hydroxylation is 1. The van der Waals surface area contributed by atoms with Gasteiger partial charge in [-0.15, -0.1) is 5.10 Å². The van der Waals surface area contributed by atoms with Gasteiger partial charge in [0.05, 0.1) is 5.39 Å². The fourth-order valence-corrected chi connectivity index (χ4v) is 3.03. The standard InChI is InChI=1S/C17H22N4O2/c22-16(20-11-5-1-2-6-12-20)10-7-13-21-17(23)14-8-3-4-9-15(14)18-19-21/h3-4,8-9H,1-2,5-7,10-13H2. The Labute approximate surface area is 135 Å². The highest BCUT2D eigenvalue weighted by Crippen LogP contribution is 2.11. The van der Waals surface area contributed by atoms with Crippen LogP contribution in [0.1, 0.15) is 38.5 Å². The van der Waals surface area contributed by atoms with Gasteiger partial charge < -0.3 is 4.90 Å². The summed E-state index contributed by atoms with van der Waals surface area (Å²) in [5, 5.41) is 8.59. The van der Waals surface area contributed by atoms with Gasteiger partial charge in [-0.3, -0.25) is 9.59 Å². The van der Waals surface area contributed by atoms with E-state index in [-0.39, 0.29) is 11.5 Å². The second kappa shape index (κ2) is 7.35. The van der Waals surface area contributed by atoms with Crippen molar-refractivity contribution in [1.82, 2.24) is 19.9 Å². The van der Waals surface area contributed by atoms with E-state index in [1.165, 1.54) is 17.5 Å². The molecule has 23 heavy (non-hydrogen) atoms. The molecule has 3 rings (SSSR count). The Bertz CT molecular complexity index is 733. The average molecular weight is 314 g/mol. The molecule has 6 nitrogen and oxygen atoms in total. The summed E-state index contributed by atoms with van der Waals surface area (Å²) in [7, 11) is 0. The number of rotatable bonds is 4. The van der Waals surface area contributed by atoms with Gasteiger partial charge in [0.15, 0.2) is 0 Å². The molecular weight excluding hydrogens is 292 g/mol. The SMILES string of the molecule is O=C(CCCn1nnc2ccccc2c1=O)N1CCCCCC1. The second-order valence-corrected chi connectivity index (χ2v) is 6.03. The molecule has 1 aliphatic heterocycles. The molecule has 1 amide bonds. The van der Waals surface area contributed by atoms with E-state index in [1.54, 1.807) is 12.1 Å². The van der Waals surface area contributed by atoms with Crippen molar-refractivity contribution >= 4 is 16.8 Å². The summed E-state index contributed by atoms with van der Waals surface area (Å²) >= 11 is 0. The van der Waals surface area contributed by atoms with Gasteiger partial charge in [0.25, 0.3) is 5.56 Å². The van der Waals surface area contributed by atoms with Crippen molar-refractivity contribution in [2.75, 3.05) is 13.1 Å². The highest BCUT2D eigenvalue weighted by Gasteiger charge is 2.15. The molecule has 0 bridgehead atoms. The quantitative estimate of drug-likeness (QED) is 0.865. The number of benzene rings is 1. The van der Waals surface area contributed by atoms with Gasteiger partial charge in [0.1, 0.15) is 5.52 Å². The maximum Gasteiger partial charge on any atom is 0.277 e. The number of carbonyl (C=O) groups is 1. The smallest absolute Gasteiger partial charge is 0.277 e. The Balaban J connectivity index is 1.59. The molecule has 1 aromatic heterocycles. The Morgan fingerprint density at radius 1 is 1.09 bits per heavy atom. The highest BCUT2D eigenvalue weighted by molar-refractivity contribution is 5.77. The number of amides is 1. The van der Waals surface area contributed by atoms with Gasteiger partial charge in [0.2, 0.25) is 5.91 Å². The minimum atomic E-state index is -0.141. The van der Waals surface area contributed by atoms with Crippen LogP contribution in [0.4, 0.5) is 0 Å². The Morgan fingerprint density at radius 2 is 1.83 bits per heavy atom. The first-order valence-corrected chi connectivity index (χ1v) is 8.36. The van der Waals surface area contributed by atoms with E-state index in [9.17, 15) is 9.59 Å². The van der Waals surface area contributed by atoms with Crippen LogP contribution in [-0.4, -0.2) is 38.9 Å². The molecule has 2 heterocycles. The third-order valence-electron chi connectivity index (χ3n) is 4.35. The van der Waals surface area contributed by atoms with E-state index in [4.69, 9.17) is 0 Å². The molecule has 0 aliphatic carbocycles. The minimum absolute atomic E-state index is 0.141. The molecule has 1 aliphatic rings.